The average molecular weight is 260 g/mol. The van der Waals surface area contributed by atoms with Gasteiger partial charge in [0, 0.05) is 24.2 Å². The molecule has 0 radical (unpaired) electrons. The standard InChI is InChI=1S/C16H12N4/c17-10-13-4-1-2-5-15(13)12-20-9-7-16(19-20)14-6-3-8-18-11-14/h1-9,11H,12H2. The molecule has 1 aromatic carbocycles. The Morgan fingerprint density at radius 1 is 1.10 bits per heavy atom. The van der Waals surface area contributed by atoms with Crippen molar-refractivity contribution >= 4 is 0 Å². The molecule has 0 N–H and O–H groups in total. The molecule has 0 aliphatic heterocycles. The van der Waals surface area contributed by atoms with Crippen molar-refractivity contribution in [3.63, 3.8) is 0 Å². The van der Waals surface area contributed by atoms with Crippen LogP contribution in [0.15, 0.2) is 61.1 Å². The van der Waals surface area contributed by atoms with Crippen molar-refractivity contribution in [3.8, 4) is 17.3 Å². The highest BCUT2D eigenvalue weighted by Gasteiger charge is 2.05. The van der Waals surface area contributed by atoms with Crippen LogP contribution in [0.4, 0.5) is 0 Å². The molecule has 3 aromatic rings. The largest absolute Gasteiger partial charge is 0.268 e. The fourth-order valence-electron chi connectivity index (χ4n) is 2.06. The second-order valence-corrected chi connectivity index (χ2v) is 4.41. The van der Waals surface area contributed by atoms with Gasteiger partial charge in [-0.3, -0.25) is 9.67 Å². The number of nitriles is 1. The summed E-state index contributed by atoms with van der Waals surface area (Å²) in [5.41, 5.74) is 3.52. The van der Waals surface area contributed by atoms with Gasteiger partial charge in [0.25, 0.3) is 0 Å². The maximum Gasteiger partial charge on any atom is 0.0995 e. The van der Waals surface area contributed by atoms with E-state index in [2.05, 4.69) is 16.2 Å². The van der Waals surface area contributed by atoms with Gasteiger partial charge in [0.1, 0.15) is 0 Å². The molecule has 3 rings (SSSR count). The van der Waals surface area contributed by atoms with E-state index in [-0.39, 0.29) is 0 Å². The third-order valence-electron chi connectivity index (χ3n) is 3.07. The summed E-state index contributed by atoms with van der Waals surface area (Å²) >= 11 is 0. The van der Waals surface area contributed by atoms with Crippen molar-refractivity contribution in [2.75, 3.05) is 0 Å². The van der Waals surface area contributed by atoms with Gasteiger partial charge in [0.05, 0.1) is 23.9 Å². The predicted octanol–water partition coefficient (Wildman–Crippen LogP) is 2.87. The molecular formula is C16H12N4. The van der Waals surface area contributed by atoms with Crippen molar-refractivity contribution < 1.29 is 0 Å². The molecular weight excluding hydrogens is 248 g/mol. The van der Waals surface area contributed by atoms with Crippen molar-refractivity contribution in [3.05, 3.63) is 72.2 Å². The van der Waals surface area contributed by atoms with E-state index in [0.29, 0.717) is 12.1 Å². The highest BCUT2D eigenvalue weighted by Crippen LogP contribution is 2.16. The normalized spacial score (nSPS) is 10.2. The Morgan fingerprint density at radius 3 is 2.80 bits per heavy atom. The van der Waals surface area contributed by atoms with Crippen molar-refractivity contribution in [1.29, 1.82) is 5.26 Å². The first kappa shape index (κ1) is 12.1. The van der Waals surface area contributed by atoms with Crippen LogP contribution in [0, 0.1) is 11.3 Å². The van der Waals surface area contributed by atoms with Crippen molar-refractivity contribution in [2.45, 2.75) is 6.54 Å². The predicted molar refractivity (Wildman–Crippen MR) is 75.7 cm³/mol. The van der Waals surface area contributed by atoms with Crippen molar-refractivity contribution in [2.24, 2.45) is 0 Å². The molecule has 0 amide bonds. The van der Waals surface area contributed by atoms with Crippen LogP contribution in [0.5, 0.6) is 0 Å². The third-order valence-corrected chi connectivity index (χ3v) is 3.07. The number of nitrogens with zero attached hydrogens (tertiary/aromatic N) is 4. The monoisotopic (exact) mass is 260 g/mol. The van der Waals surface area contributed by atoms with E-state index in [4.69, 9.17) is 5.26 Å². The zero-order chi connectivity index (χ0) is 13.8. The fourth-order valence-corrected chi connectivity index (χ4v) is 2.06. The molecule has 0 saturated carbocycles. The molecule has 2 aromatic heterocycles. The maximum absolute atomic E-state index is 9.09. The fraction of sp³-hybridized carbons (Fsp3) is 0.0625. The molecule has 4 nitrogen and oxygen atoms in total. The summed E-state index contributed by atoms with van der Waals surface area (Å²) < 4.78 is 1.83. The lowest BCUT2D eigenvalue weighted by Gasteiger charge is -2.03. The lowest BCUT2D eigenvalue weighted by Crippen LogP contribution is -2.02. The summed E-state index contributed by atoms with van der Waals surface area (Å²) in [5.74, 6) is 0. The van der Waals surface area contributed by atoms with Crippen molar-refractivity contribution in [1.82, 2.24) is 14.8 Å². The lowest BCUT2D eigenvalue weighted by atomic mass is 10.1. The molecule has 0 bridgehead atoms. The van der Waals surface area contributed by atoms with Crippen LogP contribution in [0.3, 0.4) is 0 Å². The molecule has 0 spiro atoms. The molecule has 0 saturated heterocycles. The van der Waals surface area contributed by atoms with Gasteiger partial charge in [-0.1, -0.05) is 18.2 Å². The first-order valence-electron chi connectivity index (χ1n) is 6.28. The Morgan fingerprint density at radius 2 is 2.00 bits per heavy atom. The zero-order valence-electron chi connectivity index (χ0n) is 10.8. The molecule has 0 aliphatic carbocycles. The van der Waals surface area contributed by atoms with E-state index in [1.807, 2.05) is 53.3 Å². The number of pyridine rings is 1. The SMILES string of the molecule is N#Cc1ccccc1Cn1ccc(-c2cccnc2)n1. The smallest absolute Gasteiger partial charge is 0.0995 e. The molecule has 0 unspecified atom stereocenters. The van der Waals surface area contributed by atoms with Gasteiger partial charge in [-0.2, -0.15) is 10.4 Å². The lowest BCUT2D eigenvalue weighted by molar-refractivity contribution is 0.688. The van der Waals surface area contributed by atoms with Crippen LogP contribution in [0.25, 0.3) is 11.3 Å². The number of benzene rings is 1. The topological polar surface area (TPSA) is 54.5 Å². The van der Waals surface area contributed by atoms with Crippen LogP contribution < -0.4 is 0 Å². The molecule has 2 heterocycles. The van der Waals surface area contributed by atoms with Gasteiger partial charge in [0.2, 0.25) is 0 Å². The second-order valence-electron chi connectivity index (χ2n) is 4.41. The average Bonchev–Trinajstić information content (AvgIpc) is 2.97. The summed E-state index contributed by atoms with van der Waals surface area (Å²) in [4.78, 5) is 4.09. The van der Waals surface area contributed by atoms with Gasteiger partial charge in [0.15, 0.2) is 0 Å². The molecule has 96 valence electrons. The van der Waals surface area contributed by atoms with Crippen LogP contribution in [-0.2, 0) is 6.54 Å². The van der Waals surface area contributed by atoms with E-state index >= 15 is 0 Å². The van der Waals surface area contributed by atoms with E-state index in [0.717, 1.165) is 16.8 Å². The molecule has 0 atom stereocenters. The summed E-state index contributed by atoms with van der Waals surface area (Å²) in [7, 11) is 0. The molecule has 0 fully saturated rings. The summed E-state index contributed by atoms with van der Waals surface area (Å²) in [5, 5.41) is 13.6. The van der Waals surface area contributed by atoms with Crippen LogP contribution in [-0.4, -0.2) is 14.8 Å². The van der Waals surface area contributed by atoms with Crippen LogP contribution in [0.1, 0.15) is 11.1 Å². The van der Waals surface area contributed by atoms with Gasteiger partial charge in [-0.05, 0) is 29.8 Å². The Kier molecular flexibility index (Phi) is 3.25. The number of hydrogen-bond donors (Lipinski definition) is 0. The molecule has 4 heteroatoms. The number of hydrogen-bond acceptors (Lipinski definition) is 3. The van der Waals surface area contributed by atoms with E-state index in [1.165, 1.54) is 0 Å². The quantitative estimate of drug-likeness (QED) is 0.727. The Labute approximate surface area is 116 Å². The minimum absolute atomic E-state index is 0.587. The van der Waals surface area contributed by atoms with Crippen LogP contribution in [0.2, 0.25) is 0 Å². The van der Waals surface area contributed by atoms with E-state index in [1.54, 1.807) is 12.4 Å². The van der Waals surface area contributed by atoms with E-state index < -0.39 is 0 Å². The second kappa shape index (κ2) is 5.37. The minimum atomic E-state index is 0.587. The Hall–Kier alpha value is -2.93. The minimum Gasteiger partial charge on any atom is -0.268 e. The Bertz CT molecular complexity index is 753. The van der Waals surface area contributed by atoms with Crippen LogP contribution >= 0.6 is 0 Å². The van der Waals surface area contributed by atoms with Gasteiger partial charge < -0.3 is 0 Å². The maximum atomic E-state index is 9.09. The number of rotatable bonds is 3. The number of aromatic nitrogens is 3. The molecule has 20 heavy (non-hydrogen) atoms. The molecule has 0 aliphatic rings. The summed E-state index contributed by atoms with van der Waals surface area (Å²) in [6.07, 6.45) is 5.44. The first-order valence-corrected chi connectivity index (χ1v) is 6.28. The third kappa shape index (κ3) is 2.43. The Balaban J connectivity index is 1.87. The van der Waals surface area contributed by atoms with Gasteiger partial charge in [-0.15, -0.1) is 0 Å². The highest BCUT2D eigenvalue weighted by molar-refractivity contribution is 5.56. The first-order chi connectivity index (χ1) is 9.86. The summed E-state index contributed by atoms with van der Waals surface area (Å²) in [6, 6.07) is 15.6. The highest BCUT2D eigenvalue weighted by atomic mass is 15.3. The van der Waals surface area contributed by atoms with E-state index in [9.17, 15) is 0 Å². The zero-order valence-corrected chi connectivity index (χ0v) is 10.8. The summed E-state index contributed by atoms with van der Waals surface area (Å²) in [6.45, 7) is 0.587. The van der Waals surface area contributed by atoms with Gasteiger partial charge >= 0.3 is 0 Å². The van der Waals surface area contributed by atoms with Gasteiger partial charge in [-0.25, -0.2) is 0 Å².